The number of anilines is 1. The van der Waals surface area contributed by atoms with Crippen LogP contribution in [-0.2, 0) is 4.79 Å². The van der Waals surface area contributed by atoms with Gasteiger partial charge >= 0.3 is 0 Å². The van der Waals surface area contributed by atoms with Crippen LogP contribution in [-0.4, -0.2) is 17.1 Å². The van der Waals surface area contributed by atoms with Crippen LogP contribution in [0.3, 0.4) is 0 Å². The molecule has 1 heterocycles. The summed E-state index contributed by atoms with van der Waals surface area (Å²) in [6.45, 7) is 1.86. The van der Waals surface area contributed by atoms with Crippen molar-refractivity contribution in [1.29, 1.82) is 0 Å². The minimum Gasteiger partial charge on any atom is -0.507 e. The molecule has 4 heteroatoms. The van der Waals surface area contributed by atoms with Crippen molar-refractivity contribution < 1.29 is 9.90 Å². The number of hydrogen-bond acceptors (Lipinski definition) is 3. The zero-order valence-corrected chi connectivity index (χ0v) is 11.7. The Bertz CT molecular complexity index is 680. The van der Waals surface area contributed by atoms with E-state index in [2.05, 4.69) is 5.43 Å². The topological polar surface area (TPSA) is 52.6 Å². The molecule has 2 N–H and O–H groups in total. The molecule has 21 heavy (non-hydrogen) atoms. The third kappa shape index (κ3) is 2.41. The van der Waals surface area contributed by atoms with Crippen LogP contribution in [0, 0.1) is 0 Å². The number of carbonyl (C=O) groups excluding carboxylic acids is 1. The van der Waals surface area contributed by atoms with Gasteiger partial charge in [-0.1, -0.05) is 48.5 Å². The van der Waals surface area contributed by atoms with Crippen molar-refractivity contribution in [2.24, 2.45) is 0 Å². The van der Waals surface area contributed by atoms with Crippen molar-refractivity contribution in [1.82, 2.24) is 5.43 Å². The van der Waals surface area contributed by atoms with Gasteiger partial charge in [0.1, 0.15) is 5.76 Å². The van der Waals surface area contributed by atoms with Crippen LogP contribution < -0.4 is 10.4 Å². The summed E-state index contributed by atoms with van der Waals surface area (Å²) in [5.74, 6) is -0.200. The van der Waals surface area contributed by atoms with E-state index in [9.17, 15) is 9.90 Å². The number of aliphatic hydroxyl groups is 1. The Morgan fingerprint density at radius 2 is 1.62 bits per heavy atom. The van der Waals surface area contributed by atoms with Gasteiger partial charge < -0.3 is 5.11 Å². The van der Waals surface area contributed by atoms with Gasteiger partial charge in [0.15, 0.2) is 0 Å². The summed E-state index contributed by atoms with van der Waals surface area (Å²) in [4.78, 5) is 12.6. The molecule has 1 unspecified atom stereocenters. The first-order chi connectivity index (χ1) is 10.2. The van der Waals surface area contributed by atoms with Gasteiger partial charge in [0.25, 0.3) is 5.91 Å². The third-order valence-corrected chi connectivity index (χ3v) is 3.51. The maximum Gasteiger partial charge on any atom is 0.274 e. The van der Waals surface area contributed by atoms with Crippen molar-refractivity contribution in [3.63, 3.8) is 0 Å². The van der Waals surface area contributed by atoms with Crippen molar-refractivity contribution in [3.05, 3.63) is 71.8 Å². The van der Waals surface area contributed by atoms with Crippen LogP contribution in [0.25, 0.3) is 5.76 Å². The first-order valence-electron chi connectivity index (χ1n) is 6.82. The molecule has 2 aromatic rings. The molecule has 0 saturated carbocycles. The number of hydrogen-bond donors (Lipinski definition) is 2. The molecule has 2 aromatic carbocycles. The fraction of sp³-hybridized carbons (Fsp3) is 0.118. The van der Waals surface area contributed by atoms with E-state index in [-0.39, 0.29) is 17.7 Å². The number of nitrogens with one attached hydrogen (secondary N) is 1. The summed E-state index contributed by atoms with van der Waals surface area (Å²) >= 11 is 0. The average Bonchev–Trinajstić information content (AvgIpc) is 2.83. The van der Waals surface area contributed by atoms with Gasteiger partial charge in [0.2, 0.25) is 0 Å². The first-order valence-corrected chi connectivity index (χ1v) is 6.82. The number of benzene rings is 2. The molecule has 1 saturated heterocycles. The Balaban J connectivity index is 2.00. The third-order valence-electron chi connectivity index (χ3n) is 3.51. The van der Waals surface area contributed by atoms with Gasteiger partial charge in [-0.2, -0.15) is 0 Å². The summed E-state index contributed by atoms with van der Waals surface area (Å²) < 4.78 is 0. The molecule has 4 nitrogen and oxygen atoms in total. The lowest BCUT2D eigenvalue weighted by atomic mass is 10.0. The number of rotatable bonds is 2. The molecule has 1 amide bonds. The molecule has 0 bridgehead atoms. The minimum atomic E-state index is -0.252. The largest absolute Gasteiger partial charge is 0.507 e. The fourth-order valence-corrected chi connectivity index (χ4v) is 2.45. The molecule has 0 aliphatic carbocycles. The minimum absolute atomic E-state index is 0.0269. The average molecular weight is 280 g/mol. The molecule has 1 atom stereocenters. The summed E-state index contributed by atoms with van der Waals surface area (Å²) in [5.41, 5.74) is 4.86. The van der Waals surface area contributed by atoms with E-state index in [1.807, 2.05) is 55.5 Å². The normalized spacial score (nSPS) is 20.7. The predicted molar refractivity (Wildman–Crippen MR) is 82.5 cm³/mol. The van der Waals surface area contributed by atoms with E-state index in [0.717, 1.165) is 5.69 Å². The van der Waals surface area contributed by atoms with E-state index in [4.69, 9.17) is 0 Å². The Labute approximate surface area is 123 Å². The zero-order valence-electron chi connectivity index (χ0n) is 11.7. The van der Waals surface area contributed by atoms with Crippen LogP contribution in [0.2, 0.25) is 0 Å². The van der Waals surface area contributed by atoms with Gasteiger partial charge in [-0.3, -0.25) is 4.79 Å². The molecular formula is C17H16N2O2. The summed E-state index contributed by atoms with van der Waals surface area (Å²) in [6.07, 6.45) is 0. The van der Waals surface area contributed by atoms with Crippen LogP contribution in [0.5, 0.6) is 0 Å². The quantitative estimate of drug-likeness (QED) is 0.657. The maximum atomic E-state index is 12.6. The number of para-hydroxylation sites is 1. The molecule has 106 valence electrons. The molecule has 3 rings (SSSR count). The number of aliphatic hydroxyl groups excluding tert-OH is 1. The molecule has 1 aliphatic heterocycles. The zero-order chi connectivity index (χ0) is 14.8. The number of nitrogens with zero attached hydrogens (tertiary/aromatic N) is 1. The first kappa shape index (κ1) is 13.4. The van der Waals surface area contributed by atoms with E-state index in [1.54, 1.807) is 12.1 Å². The Kier molecular flexibility index (Phi) is 3.46. The maximum absolute atomic E-state index is 12.6. The van der Waals surface area contributed by atoms with Gasteiger partial charge in [-0.25, -0.2) is 10.4 Å². The van der Waals surface area contributed by atoms with E-state index in [1.165, 1.54) is 5.01 Å². The van der Waals surface area contributed by atoms with Gasteiger partial charge in [-0.15, -0.1) is 0 Å². The van der Waals surface area contributed by atoms with Crippen molar-refractivity contribution in [3.8, 4) is 0 Å². The molecule has 0 spiro atoms. The van der Waals surface area contributed by atoms with Crippen molar-refractivity contribution >= 4 is 17.4 Å². The molecule has 1 fully saturated rings. The second-order valence-corrected chi connectivity index (χ2v) is 4.96. The lowest BCUT2D eigenvalue weighted by molar-refractivity contribution is -0.114. The monoisotopic (exact) mass is 280 g/mol. The second kappa shape index (κ2) is 5.42. The standard InChI is InChI=1S/C17H16N2O2/c1-12-15(16(20)13-8-4-2-5-9-13)17(21)19(18-12)14-10-6-3-7-11-14/h2-12,18,20H,1H3. The van der Waals surface area contributed by atoms with Crippen LogP contribution in [0.15, 0.2) is 66.2 Å². The van der Waals surface area contributed by atoms with E-state index >= 15 is 0 Å². The fourth-order valence-electron chi connectivity index (χ4n) is 2.45. The smallest absolute Gasteiger partial charge is 0.274 e. The van der Waals surface area contributed by atoms with E-state index < -0.39 is 0 Å². The molecular weight excluding hydrogens is 264 g/mol. The lowest BCUT2D eigenvalue weighted by Crippen LogP contribution is -2.36. The van der Waals surface area contributed by atoms with Crippen molar-refractivity contribution in [2.75, 3.05) is 5.01 Å². The number of carbonyl (C=O) groups is 1. The number of hydrazine groups is 1. The van der Waals surface area contributed by atoms with Crippen LogP contribution >= 0.6 is 0 Å². The number of amides is 1. The molecule has 1 aliphatic rings. The summed E-state index contributed by atoms with van der Waals surface area (Å²) in [5, 5.41) is 11.9. The Hall–Kier alpha value is -2.59. The summed E-state index contributed by atoms with van der Waals surface area (Å²) in [7, 11) is 0. The Morgan fingerprint density at radius 1 is 1.05 bits per heavy atom. The van der Waals surface area contributed by atoms with Gasteiger partial charge in [0.05, 0.1) is 17.3 Å². The highest BCUT2D eigenvalue weighted by Crippen LogP contribution is 2.27. The van der Waals surface area contributed by atoms with Gasteiger partial charge in [0, 0.05) is 5.56 Å². The highest BCUT2D eigenvalue weighted by Gasteiger charge is 2.36. The Morgan fingerprint density at radius 3 is 2.24 bits per heavy atom. The SMILES string of the molecule is CC1NN(c2ccccc2)C(=O)C1=C(O)c1ccccc1. The molecule has 0 radical (unpaired) electrons. The highest BCUT2D eigenvalue weighted by atomic mass is 16.3. The second-order valence-electron chi connectivity index (χ2n) is 4.96. The highest BCUT2D eigenvalue weighted by molar-refractivity contribution is 6.12. The van der Waals surface area contributed by atoms with Gasteiger partial charge in [-0.05, 0) is 19.1 Å². The summed E-state index contributed by atoms with van der Waals surface area (Å²) in [6, 6.07) is 18.2. The lowest BCUT2D eigenvalue weighted by Gasteiger charge is -2.15. The van der Waals surface area contributed by atoms with Crippen molar-refractivity contribution in [2.45, 2.75) is 13.0 Å². The van der Waals surface area contributed by atoms with E-state index in [0.29, 0.717) is 11.1 Å². The van der Waals surface area contributed by atoms with Crippen LogP contribution in [0.4, 0.5) is 5.69 Å². The van der Waals surface area contributed by atoms with Crippen LogP contribution in [0.1, 0.15) is 12.5 Å². The molecule has 0 aromatic heterocycles. The predicted octanol–water partition coefficient (Wildman–Crippen LogP) is 2.90.